The highest BCUT2D eigenvalue weighted by molar-refractivity contribution is 5.82. The molecule has 0 aromatic carbocycles. The van der Waals surface area contributed by atoms with Crippen LogP contribution >= 0.6 is 0 Å². The summed E-state index contributed by atoms with van der Waals surface area (Å²) in [6.45, 7) is 6.64. The number of carbonyl (C=O) groups is 1. The fourth-order valence-electron chi connectivity index (χ4n) is 2.23. The zero-order valence-electron chi connectivity index (χ0n) is 11.9. The van der Waals surface area contributed by atoms with E-state index >= 15 is 0 Å². The maximum Gasteiger partial charge on any atom is 0.237 e. The van der Waals surface area contributed by atoms with Gasteiger partial charge in [-0.05, 0) is 12.3 Å². The van der Waals surface area contributed by atoms with E-state index in [1.807, 2.05) is 25.5 Å². The van der Waals surface area contributed by atoms with Gasteiger partial charge in [0.05, 0.1) is 12.6 Å². The average Bonchev–Trinajstić information content (AvgIpc) is 2.79. The van der Waals surface area contributed by atoms with Crippen molar-refractivity contribution in [1.29, 1.82) is 0 Å². The van der Waals surface area contributed by atoms with E-state index in [-0.39, 0.29) is 17.9 Å². The van der Waals surface area contributed by atoms with Crippen molar-refractivity contribution in [3.05, 3.63) is 11.6 Å². The Bertz CT molecular complexity index is 454. The summed E-state index contributed by atoms with van der Waals surface area (Å²) in [6.07, 6.45) is 2.60. The van der Waals surface area contributed by atoms with Crippen LogP contribution in [-0.4, -0.2) is 32.8 Å². The molecule has 106 valence electrons. The Kier molecular flexibility index (Phi) is 4.19. The lowest BCUT2D eigenvalue weighted by Gasteiger charge is -2.25. The number of aromatic nitrogens is 3. The van der Waals surface area contributed by atoms with Crippen LogP contribution in [0.4, 0.5) is 0 Å². The van der Waals surface area contributed by atoms with Gasteiger partial charge in [-0.15, -0.1) is 0 Å². The summed E-state index contributed by atoms with van der Waals surface area (Å²) in [4.78, 5) is 16.4. The van der Waals surface area contributed by atoms with Crippen molar-refractivity contribution in [3.63, 3.8) is 0 Å². The first-order valence-corrected chi connectivity index (χ1v) is 6.99. The molecule has 1 aromatic heterocycles. The lowest BCUT2D eigenvalue weighted by Crippen LogP contribution is -2.50. The maximum absolute atomic E-state index is 11.9. The van der Waals surface area contributed by atoms with E-state index in [1.54, 1.807) is 0 Å². The molecule has 1 amide bonds. The third-order valence-corrected chi connectivity index (χ3v) is 3.59. The topological polar surface area (TPSA) is 85.8 Å². The second kappa shape index (κ2) is 5.69. The number of rotatable bonds is 4. The highest BCUT2D eigenvalue weighted by Gasteiger charge is 2.25. The number of nitrogens with zero attached hydrogens (tertiary/aromatic N) is 3. The Morgan fingerprint density at radius 3 is 2.95 bits per heavy atom. The normalized spacial score (nSPS) is 20.2. The minimum Gasteiger partial charge on any atom is -0.350 e. The minimum absolute atomic E-state index is 0.0701. The molecule has 1 aromatic rings. The van der Waals surface area contributed by atoms with E-state index in [2.05, 4.69) is 15.4 Å². The summed E-state index contributed by atoms with van der Waals surface area (Å²) in [5, 5.41) is 7.45. The maximum atomic E-state index is 11.9. The molecular formula is C13H23N5O. The van der Waals surface area contributed by atoms with Gasteiger partial charge in [0.25, 0.3) is 0 Å². The Hall–Kier alpha value is -1.43. The van der Waals surface area contributed by atoms with Crippen LogP contribution in [0.5, 0.6) is 0 Å². The molecule has 0 bridgehead atoms. The molecule has 0 fully saturated rings. The number of nitrogens with two attached hydrogens (primary N) is 1. The highest BCUT2D eigenvalue weighted by atomic mass is 16.2. The number of amides is 1. The first-order valence-electron chi connectivity index (χ1n) is 6.99. The first-order chi connectivity index (χ1) is 9.01. The van der Waals surface area contributed by atoms with E-state index < -0.39 is 6.04 Å². The van der Waals surface area contributed by atoms with Gasteiger partial charge < -0.3 is 11.1 Å². The second-order valence-corrected chi connectivity index (χ2v) is 5.49. The van der Waals surface area contributed by atoms with Crippen LogP contribution in [0.15, 0.2) is 0 Å². The van der Waals surface area contributed by atoms with Crippen molar-refractivity contribution in [2.45, 2.75) is 58.7 Å². The van der Waals surface area contributed by atoms with Crippen molar-refractivity contribution in [2.24, 2.45) is 11.7 Å². The molecule has 6 nitrogen and oxygen atoms in total. The minimum atomic E-state index is -0.441. The van der Waals surface area contributed by atoms with Crippen LogP contribution in [-0.2, 0) is 24.2 Å². The van der Waals surface area contributed by atoms with E-state index in [0.29, 0.717) is 6.54 Å². The monoisotopic (exact) mass is 265 g/mol. The highest BCUT2D eigenvalue weighted by Crippen LogP contribution is 2.13. The van der Waals surface area contributed by atoms with E-state index in [9.17, 15) is 4.79 Å². The summed E-state index contributed by atoms with van der Waals surface area (Å²) in [5.74, 6) is 1.98. The predicted octanol–water partition coefficient (Wildman–Crippen LogP) is 0.255. The molecular weight excluding hydrogens is 242 g/mol. The molecule has 1 unspecified atom stereocenters. The van der Waals surface area contributed by atoms with Crippen molar-refractivity contribution in [2.75, 3.05) is 0 Å². The van der Waals surface area contributed by atoms with Crippen molar-refractivity contribution in [3.8, 4) is 0 Å². The number of hydrogen-bond donors (Lipinski definition) is 2. The number of nitrogens with one attached hydrogen (secondary N) is 1. The Morgan fingerprint density at radius 2 is 2.32 bits per heavy atom. The van der Waals surface area contributed by atoms with Crippen LogP contribution in [0, 0.1) is 5.92 Å². The smallest absolute Gasteiger partial charge is 0.237 e. The van der Waals surface area contributed by atoms with Gasteiger partial charge in [0.1, 0.15) is 5.82 Å². The predicted molar refractivity (Wildman–Crippen MR) is 72.5 cm³/mol. The van der Waals surface area contributed by atoms with E-state index in [1.165, 1.54) is 0 Å². The molecule has 2 rings (SSSR count). The molecule has 0 spiro atoms. The van der Waals surface area contributed by atoms with Crippen molar-refractivity contribution in [1.82, 2.24) is 20.1 Å². The van der Waals surface area contributed by atoms with Gasteiger partial charge in [-0.3, -0.25) is 4.79 Å². The lowest BCUT2D eigenvalue weighted by atomic mass is 10.0. The summed E-state index contributed by atoms with van der Waals surface area (Å²) in [7, 11) is 0. The number of carbonyl (C=O) groups excluding carboxylic acids is 1. The van der Waals surface area contributed by atoms with Gasteiger partial charge in [0, 0.05) is 18.9 Å². The largest absolute Gasteiger partial charge is 0.350 e. The van der Waals surface area contributed by atoms with Crippen LogP contribution in [0.25, 0.3) is 0 Å². The van der Waals surface area contributed by atoms with Crippen LogP contribution in [0.3, 0.4) is 0 Å². The van der Waals surface area contributed by atoms with Gasteiger partial charge in [-0.1, -0.05) is 20.8 Å². The fourth-order valence-corrected chi connectivity index (χ4v) is 2.23. The Labute approximate surface area is 113 Å². The molecule has 0 aliphatic carbocycles. The molecule has 3 N–H and O–H groups in total. The summed E-state index contributed by atoms with van der Waals surface area (Å²) in [5.41, 5.74) is 5.85. The average molecular weight is 265 g/mol. The molecule has 1 aliphatic rings. The molecule has 2 atom stereocenters. The zero-order valence-corrected chi connectivity index (χ0v) is 11.9. The summed E-state index contributed by atoms with van der Waals surface area (Å²) >= 11 is 0. The van der Waals surface area contributed by atoms with Gasteiger partial charge in [-0.2, -0.15) is 5.10 Å². The molecule has 0 saturated heterocycles. The van der Waals surface area contributed by atoms with E-state index in [4.69, 9.17) is 5.73 Å². The van der Waals surface area contributed by atoms with Crippen LogP contribution in [0.1, 0.15) is 38.8 Å². The molecule has 19 heavy (non-hydrogen) atoms. The van der Waals surface area contributed by atoms with Crippen molar-refractivity contribution >= 4 is 5.91 Å². The summed E-state index contributed by atoms with van der Waals surface area (Å²) < 4.78 is 1.91. The van der Waals surface area contributed by atoms with Gasteiger partial charge >= 0.3 is 0 Å². The Balaban J connectivity index is 1.96. The van der Waals surface area contributed by atoms with Gasteiger partial charge in [0.2, 0.25) is 5.91 Å². The molecule has 1 aliphatic heterocycles. The number of fused-ring (bicyclic) bond motifs is 1. The SMILES string of the molecule is CCc1nc2n(n1)CC(NC(=O)[C@@H](N)C(C)C)CC2. The third kappa shape index (κ3) is 3.12. The number of hydrogen-bond acceptors (Lipinski definition) is 4. The lowest BCUT2D eigenvalue weighted by molar-refractivity contribution is -0.124. The molecule has 2 heterocycles. The quantitative estimate of drug-likeness (QED) is 0.817. The van der Waals surface area contributed by atoms with Crippen LogP contribution < -0.4 is 11.1 Å². The zero-order chi connectivity index (χ0) is 14.0. The van der Waals surface area contributed by atoms with Gasteiger partial charge in [-0.25, -0.2) is 9.67 Å². The standard InChI is InChI=1S/C13H23N5O/c1-4-10-16-11-6-5-9(7-18(11)17-10)15-13(19)12(14)8(2)3/h8-9,12H,4-7,14H2,1-3H3,(H,15,19)/t9?,12-/m0/s1. The van der Waals surface area contributed by atoms with E-state index in [0.717, 1.165) is 30.9 Å². The van der Waals surface area contributed by atoms with Gasteiger partial charge in [0.15, 0.2) is 5.82 Å². The number of aryl methyl sites for hydroxylation is 2. The first kappa shape index (κ1) is 14.0. The second-order valence-electron chi connectivity index (χ2n) is 5.49. The molecule has 0 saturated carbocycles. The summed E-state index contributed by atoms with van der Waals surface area (Å²) in [6, 6.07) is -0.334. The molecule has 6 heteroatoms. The van der Waals surface area contributed by atoms with Crippen LogP contribution in [0.2, 0.25) is 0 Å². The van der Waals surface area contributed by atoms with Crippen molar-refractivity contribution < 1.29 is 4.79 Å². The molecule has 0 radical (unpaired) electrons. The third-order valence-electron chi connectivity index (χ3n) is 3.59. The fraction of sp³-hybridized carbons (Fsp3) is 0.769. The Morgan fingerprint density at radius 1 is 1.58 bits per heavy atom.